The first-order valence-electron chi connectivity index (χ1n) is 6.65. The number of thiophene rings is 1. The molecule has 6 heteroatoms. The second-order valence-corrected chi connectivity index (χ2v) is 6.25. The van der Waals surface area contributed by atoms with Crippen molar-refractivity contribution in [2.24, 2.45) is 0 Å². The van der Waals surface area contributed by atoms with Crippen LogP contribution in [0.15, 0.2) is 46.5 Å². The third kappa shape index (κ3) is 3.52. The van der Waals surface area contributed by atoms with Crippen molar-refractivity contribution < 1.29 is 9.53 Å². The van der Waals surface area contributed by atoms with E-state index in [9.17, 15) is 4.79 Å². The Labute approximate surface area is 136 Å². The lowest BCUT2D eigenvalue weighted by atomic mass is 10.2. The van der Waals surface area contributed by atoms with Crippen molar-refractivity contribution in [2.75, 3.05) is 12.4 Å². The van der Waals surface area contributed by atoms with E-state index < -0.39 is 0 Å². The number of methoxy groups -OCH3 is 1. The van der Waals surface area contributed by atoms with Gasteiger partial charge in [-0.1, -0.05) is 0 Å². The lowest BCUT2D eigenvalue weighted by molar-refractivity contribution is -0.115. The molecule has 0 aliphatic carbocycles. The summed E-state index contributed by atoms with van der Waals surface area (Å²) in [5, 5.41) is 9.82. The van der Waals surface area contributed by atoms with Crippen LogP contribution < -0.4 is 10.1 Å². The summed E-state index contributed by atoms with van der Waals surface area (Å²) in [6.45, 7) is 0. The van der Waals surface area contributed by atoms with E-state index in [0.29, 0.717) is 0 Å². The Hall–Kier alpha value is -2.18. The Kier molecular flexibility index (Phi) is 4.50. The van der Waals surface area contributed by atoms with Crippen LogP contribution in [0, 0.1) is 0 Å². The van der Waals surface area contributed by atoms with Gasteiger partial charge in [0, 0.05) is 22.0 Å². The van der Waals surface area contributed by atoms with Gasteiger partial charge in [-0.15, -0.1) is 11.3 Å². The van der Waals surface area contributed by atoms with E-state index in [0.717, 1.165) is 27.7 Å². The number of hydrogen-bond donors (Lipinski definition) is 1. The Morgan fingerprint density at radius 1 is 1.23 bits per heavy atom. The molecule has 2 aromatic heterocycles. The number of benzene rings is 1. The van der Waals surface area contributed by atoms with Gasteiger partial charge in [0.2, 0.25) is 5.91 Å². The average Bonchev–Trinajstić information content (AvgIpc) is 3.19. The van der Waals surface area contributed by atoms with Gasteiger partial charge in [0.1, 0.15) is 10.8 Å². The van der Waals surface area contributed by atoms with Crippen LogP contribution in [-0.4, -0.2) is 18.0 Å². The Balaban J connectivity index is 1.61. The molecule has 0 aliphatic heterocycles. The highest BCUT2D eigenvalue weighted by Gasteiger charge is 2.09. The summed E-state index contributed by atoms with van der Waals surface area (Å²) in [5.41, 5.74) is 2.65. The van der Waals surface area contributed by atoms with Crippen LogP contribution in [-0.2, 0) is 11.2 Å². The van der Waals surface area contributed by atoms with Gasteiger partial charge in [-0.25, -0.2) is 4.98 Å². The molecule has 0 spiro atoms. The number of nitrogens with zero attached hydrogens (tertiary/aromatic N) is 1. The van der Waals surface area contributed by atoms with Crippen molar-refractivity contribution in [3.8, 4) is 16.3 Å². The smallest absolute Gasteiger partial charge is 0.230 e. The van der Waals surface area contributed by atoms with Gasteiger partial charge in [-0.05, 0) is 35.7 Å². The molecule has 0 aliphatic rings. The molecule has 0 saturated carbocycles. The fraction of sp³-hybridized carbons (Fsp3) is 0.125. The number of amides is 1. The van der Waals surface area contributed by atoms with Crippen LogP contribution >= 0.6 is 22.7 Å². The third-order valence-electron chi connectivity index (χ3n) is 3.04. The number of anilines is 1. The maximum absolute atomic E-state index is 12.1. The molecule has 0 bridgehead atoms. The van der Waals surface area contributed by atoms with Crippen LogP contribution in [0.5, 0.6) is 5.75 Å². The number of aromatic nitrogens is 1. The molecular formula is C16H14N2O2S2. The Morgan fingerprint density at radius 3 is 2.73 bits per heavy atom. The molecule has 0 fully saturated rings. The monoisotopic (exact) mass is 330 g/mol. The average molecular weight is 330 g/mol. The topological polar surface area (TPSA) is 51.2 Å². The number of rotatable bonds is 5. The summed E-state index contributed by atoms with van der Waals surface area (Å²) < 4.78 is 5.09. The zero-order valence-electron chi connectivity index (χ0n) is 11.9. The SMILES string of the molecule is COc1ccc(NC(=O)Cc2csc(-c3ccsc3)n2)cc1. The summed E-state index contributed by atoms with van der Waals surface area (Å²) in [4.78, 5) is 16.6. The molecule has 1 aromatic carbocycles. The minimum absolute atomic E-state index is 0.0765. The number of carbonyl (C=O) groups excluding carboxylic acids is 1. The molecule has 22 heavy (non-hydrogen) atoms. The number of hydrogen-bond acceptors (Lipinski definition) is 5. The molecule has 0 unspecified atom stereocenters. The van der Waals surface area contributed by atoms with E-state index in [1.54, 1.807) is 29.8 Å². The van der Waals surface area contributed by atoms with Crippen molar-refractivity contribution >= 4 is 34.3 Å². The molecule has 0 saturated heterocycles. The van der Waals surface area contributed by atoms with Crippen LogP contribution in [0.1, 0.15) is 5.69 Å². The zero-order valence-corrected chi connectivity index (χ0v) is 13.5. The predicted molar refractivity (Wildman–Crippen MR) is 90.8 cm³/mol. The van der Waals surface area contributed by atoms with Gasteiger partial charge < -0.3 is 10.1 Å². The van der Waals surface area contributed by atoms with E-state index in [2.05, 4.69) is 15.7 Å². The van der Waals surface area contributed by atoms with E-state index in [-0.39, 0.29) is 12.3 Å². The minimum Gasteiger partial charge on any atom is -0.497 e. The minimum atomic E-state index is -0.0765. The van der Waals surface area contributed by atoms with Gasteiger partial charge in [0.25, 0.3) is 0 Å². The van der Waals surface area contributed by atoms with Crippen LogP contribution in [0.3, 0.4) is 0 Å². The Morgan fingerprint density at radius 2 is 2.05 bits per heavy atom. The van der Waals surface area contributed by atoms with E-state index in [1.165, 1.54) is 0 Å². The van der Waals surface area contributed by atoms with Gasteiger partial charge in [-0.3, -0.25) is 4.79 Å². The van der Waals surface area contributed by atoms with E-state index in [1.807, 2.05) is 41.1 Å². The van der Waals surface area contributed by atoms with E-state index >= 15 is 0 Å². The largest absolute Gasteiger partial charge is 0.497 e. The van der Waals surface area contributed by atoms with Crippen molar-refractivity contribution in [1.29, 1.82) is 0 Å². The molecule has 1 amide bonds. The first kappa shape index (κ1) is 14.7. The summed E-state index contributed by atoms with van der Waals surface area (Å²) in [5.74, 6) is 0.685. The molecule has 2 heterocycles. The Bertz CT molecular complexity index is 749. The standard InChI is InChI=1S/C16H14N2O2S2/c1-20-14-4-2-12(3-5-14)17-15(19)8-13-10-22-16(18-13)11-6-7-21-9-11/h2-7,9-10H,8H2,1H3,(H,17,19). The molecule has 3 aromatic rings. The van der Waals surface area contributed by atoms with Crippen molar-refractivity contribution in [3.63, 3.8) is 0 Å². The summed E-state index contributed by atoms with van der Waals surface area (Å²) in [6, 6.07) is 9.29. The highest BCUT2D eigenvalue weighted by molar-refractivity contribution is 7.14. The molecule has 1 N–H and O–H groups in total. The molecule has 0 atom stereocenters. The van der Waals surface area contributed by atoms with Crippen molar-refractivity contribution in [2.45, 2.75) is 6.42 Å². The first-order valence-corrected chi connectivity index (χ1v) is 8.48. The van der Waals surface area contributed by atoms with Crippen LogP contribution in [0.4, 0.5) is 5.69 Å². The number of ether oxygens (including phenoxy) is 1. The number of carbonyl (C=O) groups is 1. The van der Waals surface area contributed by atoms with Gasteiger partial charge >= 0.3 is 0 Å². The van der Waals surface area contributed by atoms with Gasteiger partial charge in [-0.2, -0.15) is 11.3 Å². The van der Waals surface area contributed by atoms with Crippen LogP contribution in [0.2, 0.25) is 0 Å². The van der Waals surface area contributed by atoms with E-state index in [4.69, 9.17) is 4.74 Å². The predicted octanol–water partition coefficient (Wildman–Crippen LogP) is 4.06. The molecule has 112 valence electrons. The second kappa shape index (κ2) is 6.72. The third-order valence-corrected chi connectivity index (χ3v) is 4.66. The molecule has 4 nitrogen and oxygen atoms in total. The fourth-order valence-electron chi connectivity index (χ4n) is 1.95. The quantitative estimate of drug-likeness (QED) is 0.767. The maximum atomic E-state index is 12.1. The molecule has 3 rings (SSSR count). The first-order chi connectivity index (χ1) is 10.7. The van der Waals surface area contributed by atoms with Crippen molar-refractivity contribution in [3.05, 3.63) is 52.2 Å². The zero-order chi connectivity index (χ0) is 15.4. The van der Waals surface area contributed by atoms with Crippen molar-refractivity contribution in [1.82, 2.24) is 4.98 Å². The highest BCUT2D eigenvalue weighted by Crippen LogP contribution is 2.26. The lowest BCUT2D eigenvalue weighted by Gasteiger charge is -2.05. The molecular weight excluding hydrogens is 316 g/mol. The lowest BCUT2D eigenvalue weighted by Crippen LogP contribution is -2.14. The number of nitrogens with one attached hydrogen (secondary N) is 1. The fourth-order valence-corrected chi connectivity index (χ4v) is 3.48. The van der Waals surface area contributed by atoms with Gasteiger partial charge in [0.05, 0.1) is 19.2 Å². The normalized spacial score (nSPS) is 10.4. The maximum Gasteiger partial charge on any atom is 0.230 e. The molecule has 0 radical (unpaired) electrons. The highest BCUT2D eigenvalue weighted by atomic mass is 32.1. The van der Waals surface area contributed by atoms with Gasteiger partial charge in [0.15, 0.2) is 0 Å². The van der Waals surface area contributed by atoms with Crippen LogP contribution in [0.25, 0.3) is 10.6 Å². The summed E-state index contributed by atoms with van der Waals surface area (Å²) >= 11 is 3.20. The second-order valence-electron chi connectivity index (χ2n) is 4.61. The number of thiazole rings is 1. The summed E-state index contributed by atoms with van der Waals surface area (Å²) in [6.07, 6.45) is 0.271. The summed E-state index contributed by atoms with van der Waals surface area (Å²) in [7, 11) is 1.61.